The van der Waals surface area contributed by atoms with Gasteiger partial charge in [0.2, 0.25) is 0 Å². The normalized spacial score (nSPS) is 11.1. The van der Waals surface area contributed by atoms with Crippen molar-refractivity contribution in [1.82, 2.24) is 0 Å². The van der Waals surface area contributed by atoms with Gasteiger partial charge in [0.15, 0.2) is 0 Å². The van der Waals surface area contributed by atoms with Crippen molar-refractivity contribution in [2.75, 3.05) is 14.2 Å². The Morgan fingerprint density at radius 2 is 1.75 bits per heavy atom. The Hall–Kier alpha value is -2.52. The summed E-state index contributed by atoms with van der Waals surface area (Å²) in [6, 6.07) is 12.0. The molecule has 0 bridgehead atoms. The van der Waals surface area contributed by atoms with Crippen LogP contribution in [0.15, 0.2) is 48.5 Å². The quantitative estimate of drug-likeness (QED) is 0.578. The van der Waals surface area contributed by atoms with Crippen LogP contribution in [0, 0.1) is 0 Å². The first kappa shape index (κ1) is 17.8. The fourth-order valence-electron chi connectivity index (χ4n) is 2.08. The van der Waals surface area contributed by atoms with Gasteiger partial charge in [0.25, 0.3) is 0 Å². The molecular weight excluding hydrogens is 371 g/mol. The van der Waals surface area contributed by atoms with Gasteiger partial charge in [-0.05, 0) is 0 Å². The van der Waals surface area contributed by atoms with E-state index in [-0.39, 0.29) is 10.1 Å². The summed E-state index contributed by atoms with van der Waals surface area (Å²) in [5.41, 5.74) is 1.00. The summed E-state index contributed by atoms with van der Waals surface area (Å²) in [5.74, 6) is 0.190. The molecule has 0 saturated carbocycles. The average Bonchev–Trinajstić information content (AvgIpc) is 2.59. The van der Waals surface area contributed by atoms with E-state index in [9.17, 15) is 9.59 Å². The van der Waals surface area contributed by atoms with Crippen LogP contribution in [-0.2, 0) is 4.79 Å². The van der Waals surface area contributed by atoms with Crippen LogP contribution in [0.25, 0.3) is 6.08 Å². The summed E-state index contributed by atoms with van der Waals surface area (Å²) in [5, 5.41) is 9.16. The van der Waals surface area contributed by atoms with Gasteiger partial charge in [-0.25, -0.2) is 0 Å². The summed E-state index contributed by atoms with van der Waals surface area (Å²) in [6.45, 7) is 0. The Kier molecular flexibility index (Phi) is 6.21. The van der Waals surface area contributed by atoms with Gasteiger partial charge in [-0.1, -0.05) is 0 Å². The molecule has 0 spiro atoms. The van der Waals surface area contributed by atoms with Gasteiger partial charge >= 0.3 is 146 Å². The topological polar surface area (TPSA) is 72.8 Å². The molecule has 0 heterocycles. The molecule has 24 heavy (non-hydrogen) atoms. The third-order valence-electron chi connectivity index (χ3n) is 3.25. The predicted octanol–water partition coefficient (Wildman–Crippen LogP) is 1.70. The average molecular weight is 388 g/mol. The number of allylic oxidation sites excluding steroid dienone is 1. The number of aromatic carboxylic acids is 1. The van der Waals surface area contributed by atoms with Crippen LogP contribution >= 0.6 is 0 Å². The molecule has 5 nitrogen and oxygen atoms in total. The van der Waals surface area contributed by atoms with Crippen molar-refractivity contribution in [3.05, 3.63) is 59.7 Å². The van der Waals surface area contributed by atoms with Crippen molar-refractivity contribution in [2.24, 2.45) is 0 Å². The Morgan fingerprint density at radius 1 is 1.04 bits per heavy atom. The Morgan fingerprint density at radius 3 is 2.42 bits per heavy atom. The van der Waals surface area contributed by atoms with E-state index < -0.39 is 21.7 Å². The molecule has 0 aliphatic rings. The van der Waals surface area contributed by atoms with Gasteiger partial charge in [-0.3, -0.25) is 0 Å². The first-order valence-corrected chi connectivity index (χ1v) is 9.18. The van der Waals surface area contributed by atoms with E-state index in [0.717, 1.165) is 5.56 Å². The van der Waals surface area contributed by atoms with E-state index in [0.29, 0.717) is 15.9 Å². The number of ether oxygens (including phenoxy) is 2. The molecule has 1 atom stereocenters. The van der Waals surface area contributed by atoms with Gasteiger partial charge in [-0.15, -0.1) is 0 Å². The standard InChI is InChI=1S/C18H17AsO5/c1-23-15-9-7-12(11-16(15)24-2)8-10-17(20)19-14-6-4-3-5-13(14)18(21)22/h3-11,19H,1-2H3,(H,21,22). The van der Waals surface area contributed by atoms with E-state index in [1.165, 1.54) is 12.1 Å². The molecule has 0 radical (unpaired) electrons. The molecule has 0 aromatic heterocycles. The monoisotopic (exact) mass is 388 g/mol. The molecule has 2 aromatic rings. The summed E-state index contributed by atoms with van der Waals surface area (Å²) < 4.78 is 10.9. The van der Waals surface area contributed by atoms with Crippen molar-refractivity contribution in [3.8, 4) is 11.5 Å². The summed E-state index contributed by atoms with van der Waals surface area (Å²) in [7, 11) is 3.10. The molecule has 6 heteroatoms. The maximum atomic E-state index is 12.2. The molecule has 0 aliphatic heterocycles. The summed E-state index contributed by atoms with van der Waals surface area (Å²) in [4.78, 5) is 23.3. The van der Waals surface area contributed by atoms with E-state index in [2.05, 4.69) is 0 Å². The minimum absolute atomic E-state index is 0.0570. The molecule has 124 valence electrons. The molecule has 0 fully saturated rings. The van der Waals surface area contributed by atoms with E-state index in [4.69, 9.17) is 14.6 Å². The second kappa shape index (κ2) is 8.36. The van der Waals surface area contributed by atoms with Crippen LogP contribution in [0.2, 0.25) is 0 Å². The summed E-state index contributed by atoms with van der Waals surface area (Å²) in [6.07, 6.45) is 3.18. The third-order valence-corrected chi connectivity index (χ3v) is 5.60. The number of carbonyl (C=O) groups is 2. The minimum atomic E-state index is -1.22. The Labute approximate surface area is 146 Å². The Balaban J connectivity index is 2.13. The second-order valence-corrected chi connectivity index (χ2v) is 7.48. The third kappa shape index (κ3) is 4.49. The van der Waals surface area contributed by atoms with Gasteiger partial charge in [0.1, 0.15) is 0 Å². The molecular formula is C18H17AsO5. The Bertz CT molecular complexity index is 783. The predicted molar refractivity (Wildman–Crippen MR) is 93.8 cm³/mol. The van der Waals surface area contributed by atoms with Crippen molar-refractivity contribution in [3.63, 3.8) is 0 Å². The maximum absolute atomic E-state index is 12.2. The van der Waals surface area contributed by atoms with Gasteiger partial charge < -0.3 is 0 Å². The van der Waals surface area contributed by atoms with Crippen LogP contribution < -0.4 is 13.8 Å². The van der Waals surface area contributed by atoms with Crippen LogP contribution in [0.4, 0.5) is 0 Å². The summed E-state index contributed by atoms with van der Waals surface area (Å²) >= 11 is -1.22. The zero-order chi connectivity index (χ0) is 17.5. The molecule has 2 aromatic carbocycles. The second-order valence-electron chi connectivity index (χ2n) is 4.79. The first-order valence-electron chi connectivity index (χ1n) is 7.08. The van der Waals surface area contributed by atoms with E-state index in [1.807, 2.05) is 6.07 Å². The van der Waals surface area contributed by atoms with Gasteiger partial charge in [-0.2, -0.15) is 0 Å². The number of benzene rings is 2. The first-order chi connectivity index (χ1) is 11.5. The SMILES string of the molecule is COc1ccc(C=CC(=O)[AsH]c2ccccc2C(=O)O)cc1OC. The van der Waals surface area contributed by atoms with Crippen molar-refractivity contribution >= 4 is 36.7 Å². The molecule has 1 N–H and O–H groups in total. The van der Waals surface area contributed by atoms with E-state index >= 15 is 0 Å². The zero-order valence-electron chi connectivity index (χ0n) is 13.3. The molecule has 1 unspecified atom stereocenters. The fourth-order valence-corrected chi connectivity index (χ4v) is 4.05. The van der Waals surface area contributed by atoms with E-state index in [1.54, 1.807) is 50.6 Å². The van der Waals surface area contributed by atoms with Crippen molar-refractivity contribution in [1.29, 1.82) is 0 Å². The van der Waals surface area contributed by atoms with Gasteiger partial charge in [0.05, 0.1) is 0 Å². The number of hydrogen-bond acceptors (Lipinski definition) is 4. The van der Waals surface area contributed by atoms with Gasteiger partial charge in [0, 0.05) is 0 Å². The zero-order valence-corrected chi connectivity index (χ0v) is 15.4. The van der Waals surface area contributed by atoms with Crippen LogP contribution in [0.3, 0.4) is 0 Å². The molecule has 0 amide bonds. The van der Waals surface area contributed by atoms with Crippen LogP contribution in [0.1, 0.15) is 15.9 Å². The number of carboxylic acid groups (broad SMARTS) is 1. The van der Waals surface area contributed by atoms with Crippen LogP contribution in [-0.4, -0.2) is 45.6 Å². The van der Waals surface area contributed by atoms with Crippen LogP contribution in [0.5, 0.6) is 11.5 Å². The number of carbonyl (C=O) groups excluding carboxylic acids is 1. The number of carboxylic acids is 1. The van der Waals surface area contributed by atoms with Crippen molar-refractivity contribution < 1.29 is 24.2 Å². The number of rotatable bonds is 7. The number of methoxy groups -OCH3 is 2. The molecule has 0 saturated heterocycles. The fraction of sp³-hybridized carbons (Fsp3) is 0.111. The molecule has 0 aliphatic carbocycles. The number of hydrogen-bond donors (Lipinski definition) is 1. The van der Waals surface area contributed by atoms with Crippen molar-refractivity contribution in [2.45, 2.75) is 0 Å². The molecule has 2 rings (SSSR count).